The molecule has 0 bridgehead atoms. The fraction of sp³-hybridized carbons (Fsp3) is 0.636. The standard InChI is InChI=1S/C11H17NO3/c1-5-8(6-2)9(13)12-7-11(3,4)15-10(12)14/h5,8H,1,6-7H2,2-4H3. The molecule has 0 N–H and O–H groups in total. The van der Waals surface area contributed by atoms with Gasteiger partial charge in [0.1, 0.15) is 5.60 Å². The van der Waals surface area contributed by atoms with Crippen LogP contribution < -0.4 is 0 Å². The van der Waals surface area contributed by atoms with E-state index in [1.165, 1.54) is 0 Å². The van der Waals surface area contributed by atoms with Crippen molar-refractivity contribution in [1.82, 2.24) is 4.90 Å². The van der Waals surface area contributed by atoms with Gasteiger partial charge in [0.25, 0.3) is 0 Å². The number of rotatable bonds is 3. The molecule has 1 aliphatic heterocycles. The molecule has 1 aliphatic rings. The molecule has 1 saturated heterocycles. The zero-order chi connectivity index (χ0) is 11.6. The number of cyclic esters (lactones) is 1. The van der Waals surface area contributed by atoms with Crippen molar-refractivity contribution in [3.63, 3.8) is 0 Å². The first-order valence-corrected chi connectivity index (χ1v) is 5.08. The summed E-state index contributed by atoms with van der Waals surface area (Å²) in [5.74, 6) is -0.519. The number of hydrogen-bond acceptors (Lipinski definition) is 3. The second-order valence-corrected chi connectivity index (χ2v) is 4.30. The third kappa shape index (κ3) is 2.37. The molecule has 0 saturated carbocycles. The summed E-state index contributed by atoms with van der Waals surface area (Å²) in [6.45, 7) is 9.36. The molecule has 1 unspecified atom stereocenters. The predicted octanol–water partition coefficient (Wildman–Crippen LogP) is 1.96. The molecule has 0 aromatic carbocycles. The Morgan fingerprint density at radius 1 is 1.73 bits per heavy atom. The zero-order valence-corrected chi connectivity index (χ0v) is 9.45. The Morgan fingerprint density at radius 3 is 2.67 bits per heavy atom. The van der Waals surface area contributed by atoms with Crippen LogP contribution in [0.1, 0.15) is 27.2 Å². The van der Waals surface area contributed by atoms with E-state index in [4.69, 9.17) is 4.74 Å². The lowest BCUT2D eigenvalue weighted by Gasteiger charge is -2.17. The van der Waals surface area contributed by atoms with Gasteiger partial charge in [0.15, 0.2) is 0 Å². The molecule has 0 aromatic heterocycles. The second kappa shape index (κ2) is 4.04. The van der Waals surface area contributed by atoms with Gasteiger partial charge in [-0.15, -0.1) is 6.58 Å². The van der Waals surface area contributed by atoms with E-state index in [2.05, 4.69) is 6.58 Å². The minimum absolute atomic E-state index is 0.219. The minimum Gasteiger partial charge on any atom is -0.441 e. The number of ether oxygens (including phenoxy) is 1. The molecule has 4 heteroatoms. The number of nitrogens with zero attached hydrogens (tertiary/aromatic N) is 1. The average Bonchev–Trinajstić information content (AvgIpc) is 2.41. The van der Waals surface area contributed by atoms with Crippen molar-refractivity contribution in [1.29, 1.82) is 0 Å². The quantitative estimate of drug-likeness (QED) is 0.670. The molecule has 15 heavy (non-hydrogen) atoms. The molecule has 0 radical (unpaired) electrons. The molecule has 0 aromatic rings. The summed E-state index contributed by atoms with van der Waals surface area (Å²) in [5, 5.41) is 0. The summed E-state index contributed by atoms with van der Waals surface area (Å²) in [7, 11) is 0. The van der Waals surface area contributed by atoms with Gasteiger partial charge >= 0.3 is 6.09 Å². The van der Waals surface area contributed by atoms with Crippen molar-refractivity contribution in [2.75, 3.05) is 6.54 Å². The van der Waals surface area contributed by atoms with Gasteiger partial charge in [-0.2, -0.15) is 0 Å². The van der Waals surface area contributed by atoms with Crippen LogP contribution in [-0.4, -0.2) is 29.0 Å². The first-order valence-electron chi connectivity index (χ1n) is 5.08. The lowest BCUT2D eigenvalue weighted by atomic mass is 10.0. The van der Waals surface area contributed by atoms with E-state index in [0.29, 0.717) is 13.0 Å². The van der Waals surface area contributed by atoms with Crippen LogP contribution in [0, 0.1) is 5.92 Å². The van der Waals surface area contributed by atoms with Crippen molar-refractivity contribution in [2.24, 2.45) is 5.92 Å². The number of carbonyl (C=O) groups is 2. The van der Waals surface area contributed by atoms with Crippen LogP contribution >= 0.6 is 0 Å². The van der Waals surface area contributed by atoms with Gasteiger partial charge in [-0.25, -0.2) is 9.69 Å². The van der Waals surface area contributed by atoms with Gasteiger partial charge in [-0.1, -0.05) is 13.0 Å². The van der Waals surface area contributed by atoms with Gasteiger partial charge in [0.2, 0.25) is 5.91 Å². The van der Waals surface area contributed by atoms with Crippen LogP contribution in [0.15, 0.2) is 12.7 Å². The van der Waals surface area contributed by atoms with E-state index in [9.17, 15) is 9.59 Å². The van der Waals surface area contributed by atoms with Gasteiger partial charge in [-0.05, 0) is 20.3 Å². The molecular weight excluding hydrogens is 194 g/mol. The van der Waals surface area contributed by atoms with Crippen molar-refractivity contribution in [3.8, 4) is 0 Å². The van der Waals surface area contributed by atoms with E-state index in [1.54, 1.807) is 19.9 Å². The highest BCUT2D eigenvalue weighted by Crippen LogP contribution is 2.24. The Labute approximate surface area is 89.9 Å². The summed E-state index contributed by atoms with van der Waals surface area (Å²) in [6.07, 6.45) is 1.67. The Morgan fingerprint density at radius 2 is 2.33 bits per heavy atom. The highest BCUT2D eigenvalue weighted by Gasteiger charge is 2.42. The Balaban J connectivity index is 2.77. The molecule has 1 fully saturated rings. The molecule has 84 valence electrons. The van der Waals surface area contributed by atoms with Crippen molar-refractivity contribution >= 4 is 12.0 Å². The SMILES string of the molecule is C=CC(CC)C(=O)N1CC(C)(C)OC1=O. The average molecular weight is 211 g/mol. The maximum absolute atomic E-state index is 11.9. The van der Waals surface area contributed by atoms with Gasteiger partial charge in [0, 0.05) is 0 Å². The highest BCUT2D eigenvalue weighted by atomic mass is 16.6. The van der Waals surface area contributed by atoms with Crippen molar-refractivity contribution in [3.05, 3.63) is 12.7 Å². The van der Waals surface area contributed by atoms with Crippen LogP contribution in [0.3, 0.4) is 0 Å². The van der Waals surface area contributed by atoms with E-state index in [1.807, 2.05) is 6.92 Å². The van der Waals surface area contributed by atoms with E-state index in [-0.39, 0.29) is 11.8 Å². The number of amides is 2. The third-order valence-corrected chi connectivity index (χ3v) is 2.43. The Bertz CT molecular complexity index is 296. The van der Waals surface area contributed by atoms with E-state index < -0.39 is 11.7 Å². The van der Waals surface area contributed by atoms with E-state index in [0.717, 1.165) is 4.90 Å². The molecule has 1 rings (SSSR count). The molecule has 1 atom stereocenters. The first kappa shape index (κ1) is 11.8. The molecular formula is C11H17NO3. The highest BCUT2D eigenvalue weighted by molar-refractivity contribution is 5.95. The maximum Gasteiger partial charge on any atom is 0.417 e. The molecule has 0 aliphatic carbocycles. The number of carbonyl (C=O) groups excluding carboxylic acids is 2. The first-order chi connectivity index (χ1) is 6.91. The monoisotopic (exact) mass is 211 g/mol. The maximum atomic E-state index is 11.9. The van der Waals surface area contributed by atoms with Crippen LogP contribution in [0.25, 0.3) is 0 Å². The van der Waals surface area contributed by atoms with Crippen LogP contribution in [0.4, 0.5) is 4.79 Å². The van der Waals surface area contributed by atoms with Gasteiger partial charge in [0.05, 0.1) is 12.5 Å². The molecule has 0 spiro atoms. The molecule has 2 amide bonds. The van der Waals surface area contributed by atoms with Crippen molar-refractivity contribution < 1.29 is 14.3 Å². The summed E-state index contributed by atoms with van der Waals surface area (Å²) in [5.41, 5.74) is -0.577. The fourth-order valence-corrected chi connectivity index (χ4v) is 1.58. The number of hydrogen-bond donors (Lipinski definition) is 0. The number of imide groups is 1. The van der Waals surface area contributed by atoms with Crippen LogP contribution in [0.2, 0.25) is 0 Å². The second-order valence-electron chi connectivity index (χ2n) is 4.30. The largest absolute Gasteiger partial charge is 0.441 e. The van der Waals surface area contributed by atoms with Crippen LogP contribution in [0.5, 0.6) is 0 Å². The summed E-state index contributed by atoms with van der Waals surface area (Å²) < 4.78 is 5.05. The Hall–Kier alpha value is -1.32. The minimum atomic E-state index is -0.577. The summed E-state index contributed by atoms with van der Waals surface area (Å²) in [6, 6.07) is 0. The lowest BCUT2D eigenvalue weighted by Crippen LogP contribution is -2.37. The molecule has 1 heterocycles. The topological polar surface area (TPSA) is 46.6 Å². The molecule has 4 nitrogen and oxygen atoms in total. The fourth-order valence-electron chi connectivity index (χ4n) is 1.58. The smallest absolute Gasteiger partial charge is 0.417 e. The Kier molecular flexibility index (Phi) is 3.17. The van der Waals surface area contributed by atoms with Crippen LogP contribution in [-0.2, 0) is 9.53 Å². The summed E-state index contributed by atoms with van der Waals surface area (Å²) >= 11 is 0. The summed E-state index contributed by atoms with van der Waals surface area (Å²) in [4.78, 5) is 24.4. The lowest BCUT2D eigenvalue weighted by molar-refractivity contribution is -0.130. The van der Waals surface area contributed by atoms with Crippen molar-refractivity contribution in [2.45, 2.75) is 32.8 Å². The van der Waals surface area contributed by atoms with Gasteiger partial charge in [-0.3, -0.25) is 4.79 Å². The normalized spacial score (nSPS) is 21.0. The predicted molar refractivity (Wildman–Crippen MR) is 56.3 cm³/mol. The van der Waals surface area contributed by atoms with E-state index >= 15 is 0 Å². The third-order valence-electron chi connectivity index (χ3n) is 2.43. The zero-order valence-electron chi connectivity index (χ0n) is 9.45. The van der Waals surface area contributed by atoms with Gasteiger partial charge < -0.3 is 4.74 Å².